The van der Waals surface area contributed by atoms with E-state index in [-0.39, 0.29) is 0 Å². The fraction of sp³-hybridized carbons (Fsp3) is 0.0566. The summed E-state index contributed by atoms with van der Waals surface area (Å²) in [5.74, 6) is 1.78. The van der Waals surface area contributed by atoms with Gasteiger partial charge in [-0.3, -0.25) is 0 Å². The Morgan fingerprint density at radius 1 is 0.418 bits per heavy atom. The van der Waals surface area contributed by atoms with E-state index in [9.17, 15) is 0 Å². The zero-order valence-electron chi connectivity index (χ0n) is 30.3. The summed E-state index contributed by atoms with van der Waals surface area (Å²) in [4.78, 5) is 2.43. The second-order valence-corrected chi connectivity index (χ2v) is 14.8. The van der Waals surface area contributed by atoms with E-state index >= 15 is 0 Å². The highest BCUT2D eigenvalue weighted by Crippen LogP contribution is 2.63. The molecule has 3 aliphatic rings. The van der Waals surface area contributed by atoms with E-state index in [1.807, 2.05) is 0 Å². The zero-order valence-corrected chi connectivity index (χ0v) is 30.3. The number of rotatable bonds is 5. The molecule has 0 saturated carbocycles. The first kappa shape index (κ1) is 31.6. The highest BCUT2D eigenvalue weighted by atomic mass is 16.5. The summed E-state index contributed by atoms with van der Waals surface area (Å²) in [6, 6.07) is 68.7. The lowest BCUT2D eigenvalue weighted by molar-refractivity contribution is 0.436. The number of hydrogen-bond donors (Lipinski definition) is 0. The fourth-order valence-electron chi connectivity index (χ4n) is 9.27. The molecule has 1 spiro atoms. The third-order valence-corrected chi connectivity index (χ3v) is 11.8. The summed E-state index contributed by atoms with van der Waals surface area (Å²) in [6.45, 7) is 0. The monoisotopic (exact) mass is 703 g/mol. The van der Waals surface area contributed by atoms with Gasteiger partial charge in [-0.2, -0.15) is 0 Å². The van der Waals surface area contributed by atoms with Crippen molar-refractivity contribution >= 4 is 23.1 Å². The van der Waals surface area contributed by atoms with Gasteiger partial charge in [-0.15, -0.1) is 0 Å². The van der Waals surface area contributed by atoms with Crippen LogP contribution in [0.2, 0.25) is 0 Å². The van der Waals surface area contributed by atoms with Gasteiger partial charge in [0.2, 0.25) is 0 Å². The highest BCUT2D eigenvalue weighted by Gasteiger charge is 2.51. The Hall–Kier alpha value is -6.90. The molecule has 1 atom stereocenters. The Morgan fingerprint density at radius 3 is 1.84 bits per heavy atom. The van der Waals surface area contributed by atoms with E-state index in [1.54, 1.807) is 0 Å². The quantitative estimate of drug-likeness (QED) is 0.177. The Bertz CT molecular complexity index is 2780. The summed E-state index contributed by atoms with van der Waals surface area (Å²) < 4.78 is 6.79. The van der Waals surface area contributed by atoms with Crippen molar-refractivity contribution < 1.29 is 4.74 Å². The van der Waals surface area contributed by atoms with Crippen LogP contribution < -0.4 is 9.64 Å². The first-order valence-electron chi connectivity index (χ1n) is 19.2. The second kappa shape index (κ2) is 12.6. The van der Waals surface area contributed by atoms with Crippen LogP contribution in [-0.2, 0) is 11.8 Å². The SMILES string of the molecule is C1=Cc2cc(N(c3ccc(-c4ccccc4)cc3)c3ccc4c(c3)C3(c5ccccc5Oc5ccc(-c6ccccc6)cc53)c3ccccc3-4)ccc2CC1. The minimum absolute atomic E-state index is 0.599. The molecule has 0 aromatic heterocycles. The van der Waals surface area contributed by atoms with Gasteiger partial charge in [-0.05, 0) is 123 Å². The number of aryl methyl sites for hydroxylation is 1. The van der Waals surface area contributed by atoms with Crippen LogP contribution in [0, 0.1) is 0 Å². The van der Waals surface area contributed by atoms with E-state index < -0.39 is 5.41 Å². The average Bonchev–Trinajstić information content (AvgIpc) is 3.54. The van der Waals surface area contributed by atoms with Gasteiger partial charge in [0, 0.05) is 28.2 Å². The maximum Gasteiger partial charge on any atom is 0.132 e. The van der Waals surface area contributed by atoms with Crippen molar-refractivity contribution in [3.8, 4) is 44.9 Å². The van der Waals surface area contributed by atoms with Crippen molar-refractivity contribution in [1.29, 1.82) is 0 Å². The smallest absolute Gasteiger partial charge is 0.132 e. The lowest BCUT2D eigenvalue weighted by atomic mass is 9.65. The normalized spacial score (nSPS) is 15.6. The molecular weight excluding hydrogens is 667 g/mol. The molecule has 0 amide bonds. The molecule has 2 heteroatoms. The number of anilines is 3. The van der Waals surface area contributed by atoms with Crippen molar-refractivity contribution in [1.82, 2.24) is 0 Å². The van der Waals surface area contributed by atoms with Gasteiger partial charge in [0.05, 0.1) is 5.41 Å². The molecule has 2 nitrogen and oxygen atoms in total. The van der Waals surface area contributed by atoms with Crippen molar-refractivity contribution in [3.63, 3.8) is 0 Å². The number of nitrogens with zero attached hydrogens (tertiary/aromatic N) is 1. The molecule has 0 bridgehead atoms. The van der Waals surface area contributed by atoms with Gasteiger partial charge in [0.15, 0.2) is 0 Å². The minimum Gasteiger partial charge on any atom is -0.457 e. The van der Waals surface area contributed by atoms with Crippen molar-refractivity contribution in [2.24, 2.45) is 0 Å². The Kier molecular flexibility index (Phi) is 7.25. The van der Waals surface area contributed by atoms with Crippen LogP contribution in [0.1, 0.15) is 39.8 Å². The molecule has 2 aliphatic carbocycles. The van der Waals surface area contributed by atoms with Crippen LogP contribution in [0.25, 0.3) is 39.5 Å². The fourth-order valence-corrected chi connectivity index (χ4v) is 9.27. The van der Waals surface area contributed by atoms with Crippen molar-refractivity contribution in [2.45, 2.75) is 18.3 Å². The van der Waals surface area contributed by atoms with E-state index in [0.29, 0.717) is 0 Å². The molecule has 11 rings (SSSR count). The molecule has 8 aromatic carbocycles. The van der Waals surface area contributed by atoms with Gasteiger partial charge in [0.25, 0.3) is 0 Å². The van der Waals surface area contributed by atoms with Crippen LogP contribution in [0.4, 0.5) is 17.1 Å². The van der Waals surface area contributed by atoms with Crippen molar-refractivity contribution in [2.75, 3.05) is 4.90 Å². The van der Waals surface area contributed by atoms with Gasteiger partial charge in [0.1, 0.15) is 11.5 Å². The van der Waals surface area contributed by atoms with Gasteiger partial charge in [-0.1, -0.05) is 146 Å². The maximum absolute atomic E-state index is 6.79. The zero-order chi connectivity index (χ0) is 36.3. The number of benzene rings is 8. The number of hydrogen-bond acceptors (Lipinski definition) is 2. The summed E-state index contributed by atoms with van der Waals surface area (Å²) in [5.41, 5.74) is 17.6. The topological polar surface area (TPSA) is 12.5 Å². The van der Waals surface area contributed by atoms with Crippen LogP contribution in [-0.4, -0.2) is 0 Å². The highest BCUT2D eigenvalue weighted by molar-refractivity contribution is 5.92. The Labute approximate surface area is 322 Å². The lowest BCUT2D eigenvalue weighted by Gasteiger charge is -2.40. The lowest BCUT2D eigenvalue weighted by Crippen LogP contribution is -2.32. The van der Waals surface area contributed by atoms with E-state index in [0.717, 1.165) is 52.5 Å². The largest absolute Gasteiger partial charge is 0.457 e. The van der Waals surface area contributed by atoms with E-state index in [2.05, 4.69) is 205 Å². The standard InChI is InChI=1S/C53H37NO/c1-3-13-36(14-4-1)39-23-27-42(28-24-39)54(43-29-25-38-17-7-8-18-40(38)33-43)44-30-31-46-45-19-9-10-20-47(45)53(49(46)35-44)48-21-11-12-22-51(48)55-52-32-26-41(34-50(52)53)37-15-5-2-6-16-37/h1-6,8-16,18-35H,7,17H2. The molecule has 0 fully saturated rings. The minimum atomic E-state index is -0.599. The first-order valence-corrected chi connectivity index (χ1v) is 19.2. The summed E-state index contributed by atoms with van der Waals surface area (Å²) >= 11 is 0. The number of ether oxygens (including phenoxy) is 1. The van der Waals surface area contributed by atoms with E-state index in [1.165, 1.54) is 55.6 Å². The molecule has 1 heterocycles. The Balaban J connectivity index is 1.16. The van der Waals surface area contributed by atoms with Crippen LogP contribution >= 0.6 is 0 Å². The molecule has 8 aromatic rings. The molecule has 1 aliphatic heterocycles. The molecule has 1 unspecified atom stereocenters. The summed E-state index contributed by atoms with van der Waals surface area (Å²) in [7, 11) is 0. The molecule has 0 N–H and O–H groups in total. The van der Waals surface area contributed by atoms with Crippen LogP contribution in [0.5, 0.6) is 11.5 Å². The molecule has 260 valence electrons. The van der Waals surface area contributed by atoms with Crippen LogP contribution in [0.3, 0.4) is 0 Å². The molecule has 0 saturated heterocycles. The molecule has 0 radical (unpaired) electrons. The maximum atomic E-state index is 6.79. The second-order valence-electron chi connectivity index (χ2n) is 14.8. The van der Waals surface area contributed by atoms with E-state index in [4.69, 9.17) is 4.74 Å². The molecule has 55 heavy (non-hydrogen) atoms. The molecular formula is C53H37NO. The summed E-state index contributed by atoms with van der Waals surface area (Å²) in [5, 5.41) is 0. The van der Waals surface area contributed by atoms with Gasteiger partial charge in [-0.25, -0.2) is 0 Å². The van der Waals surface area contributed by atoms with Crippen molar-refractivity contribution in [3.05, 3.63) is 228 Å². The predicted octanol–water partition coefficient (Wildman–Crippen LogP) is 13.9. The number of allylic oxidation sites excluding steroid dienone is 1. The number of fused-ring (bicyclic) bond motifs is 10. The van der Waals surface area contributed by atoms with Gasteiger partial charge >= 0.3 is 0 Å². The Morgan fingerprint density at radius 2 is 1.02 bits per heavy atom. The first-order chi connectivity index (χ1) is 27.3. The average molecular weight is 704 g/mol. The third kappa shape index (κ3) is 4.95. The summed E-state index contributed by atoms with van der Waals surface area (Å²) in [6.07, 6.45) is 6.74. The third-order valence-electron chi connectivity index (χ3n) is 11.8. The predicted molar refractivity (Wildman–Crippen MR) is 227 cm³/mol. The van der Waals surface area contributed by atoms with Gasteiger partial charge < -0.3 is 9.64 Å². The van der Waals surface area contributed by atoms with Crippen LogP contribution in [0.15, 0.2) is 194 Å². The number of para-hydroxylation sites is 1.